The van der Waals surface area contributed by atoms with Gasteiger partial charge in [-0.3, -0.25) is 9.47 Å². The molecule has 0 saturated carbocycles. The molecular weight excluding hydrogens is 374 g/mol. The van der Waals surface area contributed by atoms with Crippen molar-refractivity contribution < 1.29 is 8.76 Å². The fourth-order valence-electron chi connectivity index (χ4n) is 3.66. The van der Waals surface area contributed by atoms with E-state index in [4.69, 9.17) is 0 Å². The number of fused-ring (bicyclic) bond motifs is 1. The third-order valence-electron chi connectivity index (χ3n) is 5.01. The van der Waals surface area contributed by atoms with E-state index in [1.54, 1.807) is 26.8 Å². The van der Waals surface area contributed by atoms with Gasteiger partial charge in [0, 0.05) is 32.1 Å². The summed E-state index contributed by atoms with van der Waals surface area (Å²) in [5, 5.41) is 6.22. The largest absolute Gasteiger partial charge is 0.592 e. The first-order valence-electron chi connectivity index (χ1n) is 8.98. The molecule has 4 rings (SSSR count). The van der Waals surface area contributed by atoms with Crippen LogP contribution in [0.25, 0.3) is 0 Å². The van der Waals surface area contributed by atoms with Gasteiger partial charge in [-0.15, -0.1) is 4.72 Å². The first kappa shape index (κ1) is 18.1. The van der Waals surface area contributed by atoms with E-state index in [9.17, 15) is 13.6 Å². The maximum atomic E-state index is 12.4. The minimum absolute atomic E-state index is 0.0196. The summed E-state index contributed by atoms with van der Waals surface area (Å²) < 4.78 is 31.1. The van der Waals surface area contributed by atoms with E-state index in [0.29, 0.717) is 23.8 Å². The molecule has 0 aromatic carbocycles. The Morgan fingerprint density at radius 1 is 1.35 bits per heavy atom. The predicted octanol–water partition coefficient (Wildman–Crippen LogP) is 0.710. The van der Waals surface area contributed by atoms with Gasteiger partial charge in [-0.1, -0.05) is 15.5 Å². The highest BCUT2D eigenvalue weighted by Gasteiger charge is 2.31. The van der Waals surface area contributed by atoms with Crippen LogP contribution in [-0.2, 0) is 34.1 Å². The summed E-state index contributed by atoms with van der Waals surface area (Å²) >= 11 is 1.22. The Kier molecular flexibility index (Phi) is 5.11. The van der Waals surface area contributed by atoms with E-state index in [1.165, 1.54) is 11.3 Å². The molecule has 0 spiro atoms. The first-order chi connectivity index (χ1) is 12.5. The summed E-state index contributed by atoms with van der Waals surface area (Å²) in [6, 6.07) is 3.27. The van der Waals surface area contributed by atoms with Crippen LogP contribution in [0, 0.1) is 0 Å². The molecule has 2 aliphatic rings. The summed E-state index contributed by atoms with van der Waals surface area (Å²) in [4.78, 5) is 14.5. The van der Waals surface area contributed by atoms with Gasteiger partial charge in [0.05, 0.1) is 12.6 Å². The number of rotatable bonds is 6. The normalized spacial score (nSPS) is 23.0. The topological polar surface area (TPSA) is 95.2 Å². The Morgan fingerprint density at radius 2 is 2.23 bits per heavy atom. The van der Waals surface area contributed by atoms with E-state index >= 15 is 0 Å². The van der Waals surface area contributed by atoms with Crippen LogP contribution in [-0.4, -0.2) is 49.5 Å². The second-order valence-electron chi connectivity index (χ2n) is 6.87. The van der Waals surface area contributed by atoms with Gasteiger partial charge in [0.2, 0.25) is 4.21 Å². The number of aromatic nitrogens is 3. The minimum Gasteiger partial charge on any atom is -0.592 e. The lowest BCUT2D eigenvalue weighted by molar-refractivity contribution is 0.306. The Bertz CT molecular complexity index is 860. The van der Waals surface area contributed by atoms with Gasteiger partial charge in [-0.05, 0) is 37.3 Å². The number of hydrogen-bond donors (Lipinski definition) is 1. The standard InChI is InChI=1S/C16H23N5O3S2/c22-16-20-7-2-1-4-14(20)17-21(16)10-9-19-8-6-13(12-19)18-26(23,24)15-5-3-11-25-15/h3,5,11,13H,1-2,4,6-10,12H2,(H-,18,23,24). The van der Waals surface area contributed by atoms with E-state index in [0.717, 1.165) is 44.6 Å². The SMILES string of the molecule is O=c1n(CCN2CCC(N[S+](=O)([O-])c3cccs3)C2)nc2n1CCCC2. The molecule has 0 bridgehead atoms. The molecule has 10 heteroatoms. The Hall–Kier alpha value is -1.33. The van der Waals surface area contributed by atoms with E-state index in [1.807, 2.05) is 0 Å². The van der Waals surface area contributed by atoms with Crippen LogP contribution in [0.15, 0.2) is 26.5 Å². The van der Waals surface area contributed by atoms with Crippen LogP contribution < -0.4 is 10.4 Å². The summed E-state index contributed by atoms with van der Waals surface area (Å²) in [7, 11) is -3.43. The molecule has 2 aliphatic heterocycles. The van der Waals surface area contributed by atoms with Gasteiger partial charge in [0.25, 0.3) is 0 Å². The zero-order chi connectivity index (χ0) is 18.1. The van der Waals surface area contributed by atoms with Gasteiger partial charge in [-0.25, -0.2) is 9.48 Å². The first-order valence-corrected chi connectivity index (χ1v) is 11.3. The van der Waals surface area contributed by atoms with Crippen molar-refractivity contribution >= 4 is 21.7 Å². The fourth-order valence-corrected chi connectivity index (χ4v) is 5.93. The number of nitrogens with one attached hydrogen (secondary N) is 1. The predicted molar refractivity (Wildman–Crippen MR) is 98.8 cm³/mol. The summed E-state index contributed by atoms with van der Waals surface area (Å²) in [5.41, 5.74) is -0.0196. The van der Waals surface area contributed by atoms with Crippen molar-refractivity contribution in [2.75, 3.05) is 19.6 Å². The molecule has 2 unspecified atom stereocenters. The van der Waals surface area contributed by atoms with Gasteiger partial charge in [0.1, 0.15) is 5.82 Å². The van der Waals surface area contributed by atoms with Crippen molar-refractivity contribution in [2.24, 2.45) is 0 Å². The molecule has 1 saturated heterocycles. The van der Waals surface area contributed by atoms with Crippen LogP contribution in [0.2, 0.25) is 0 Å². The van der Waals surface area contributed by atoms with Crippen LogP contribution >= 0.6 is 11.3 Å². The third-order valence-corrected chi connectivity index (χ3v) is 7.93. The van der Waals surface area contributed by atoms with Crippen LogP contribution in [0.1, 0.15) is 25.1 Å². The molecule has 8 nitrogen and oxygen atoms in total. The molecule has 0 aliphatic carbocycles. The lowest BCUT2D eigenvalue weighted by Gasteiger charge is -2.19. The summed E-state index contributed by atoms with van der Waals surface area (Å²) in [5.74, 6) is 0.893. The average molecular weight is 398 g/mol. The van der Waals surface area contributed by atoms with Crippen molar-refractivity contribution in [3.05, 3.63) is 33.8 Å². The van der Waals surface area contributed by atoms with E-state index < -0.39 is 10.4 Å². The quantitative estimate of drug-likeness (QED) is 0.725. The van der Waals surface area contributed by atoms with Gasteiger partial charge in [-0.2, -0.15) is 5.10 Å². The van der Waals surface area contributed by atoms with Crippen molar-refractivity contribution in [3.8, 4) is 0 Å². The van der Waals surface area contributed by atoms with Crippen molar-refractivity contribution in [2.45, 2.75) is 49.0 Å². The summed E-state index contributed by atoms with van der Waals surface area (Å²) in [6.45, 7) is 3.49. The smallest absolute Gasteiger partial charge is 0.345 e. The third kappa shape index (κ3) is 3.70. The number of sulfonamides is 1. The lowest BCUT2D eigenvalue weighted by Crippen LogP contribution is -2.41. The molecule has 2 atom stereocenters. The monoisotopic (exact) mass is 397 g/mol. The molecule has 1 N–H and O–H groups in total. The van der Waals surface area contributed by atoms with Gasteiger partial charge < -0.3 is 4.55 Å². The number of thiophene rings is 1. The highest BCUT2D eigenvalue weighted by Crippen LogP contribution is 2.22. The van der Waals surface area contributed by atoms with Crippen molar-refractivity contribution in [1.29, 1.82) is 0 Å². The average Bonchev–Trinajstić information content (AvgIpc) is 3.34. The number of likely N-dealkylation sites (tertiary alicyclic amines) is 1. The second kappa shape index (κ2) is 7.35. The van der Waals surface area contributed by atoms with Crippen LogP contribution in [0.3, 0.4) is 0 Å². The molecule has 0 radical (unpaired) electrons. The van der Waals surface area contributed by atoms with E-state index in [-0.39, 0.29) is 11.7 Å². The molecule has 1 fully saturated rings. The Balaban J connectivity index is 1.32. The number of aryl methyl sites for hydroxylation is 1. The lowest BCUT2D eigenvalue weighted by atomic mass is 10.2. The molecular formula is C16H23N5O3S2. The van der Waals surface area contributed by atoms with Gasteiger partial charge in [0.15, 0.2) is 10.4 Å². The molecule has 2 aromatic heterocycles. The zero-order valence-electron chi connectivity index (χ0n) is 14.5. The maximum absolute atomic E-state index is 12.4. The van der Waals surface area contributed by atoms with E-state index in [2.05, 4.69) is 14.7 Å². The minimum atomic E-state index is -3.43. The summed E-state index contributed by atoms with van der Waals surface area (Å²) in [6.07, 6.45) is 3.78. The number of hydrogen-bond acceptors (Lipinski definition) is 6. The highest BCUT2D eigenvalue weighted by molar-refractivity contribution is 7.97. The zero-order valence-corrected chi connectivity index (χ0v) is 16.1. The highest BCUT2D eigenvalue weighted by atomic mass is 32.3. The van der Waals surface area contributed by atoms with Crippen molar-refractivity contribution in [1.82, 2.24) is 24.0 Å². The van der Waals surface area contributed by atoms with Crippen molar-refractivity contribution in [3.63, 3.8) is 0 Å². The molecule has 142 valence electrons. The molecule has 26 heavy (non-hydrogen) atoms. The van der Waals surface area contributed by atoms with Gasteiger partial charge >= 0.3 is 5.69 Å². The Morgan fingerprint density at radius 3 is 3.00 bits per heavy atom. The molecule has 4 heterocycles. The second-order valence-corrected chi connectivity index (χ2v) is 9.76. The number of nitrogens with zero attached hydrogens (tertiary/aromatic N) is 4. The molecule has 0 amide bonds. The Labute approximate surface area is 157 Å². The fraction of sp³-hybridized carbons (Fsp3) is 0.625. The van der Waals surface area contributed by atoms with Crippen LogP contribution in [0.4, 0.5) is 0 Å². The molecule has 2 aromatic rings. The van der Waals surface area contributed by atoms with Crippen LogP contribution in [0.5, 0.6) is 0 Å². The maximum Gasteiger partial charge on any atom is 0.345 e.